The molecule has 0 aromatic carbocycles. The van der Waals surface area contributed by atoms with E-state index in [4.69, 9.17) is 5.73 Å². The molecule has 13 heteroatoms. The Balaban J connectivity index is 0.000000421. The first-order chi connectivity index (χ1) is 13.3. The fourth-order valence-corrected chi connectivity index (χ4v) is 4.53. The number of sulfone groups is 1. The summed E-state index contributed by atoms with van der Waals surface area (Å²) >= 11 is 5.32. The minimum Gasteiger partial charge on any atom is -0.345 e. The second-order valence-electron chi connectivity index (χ2n) is 6.43. The molecule has 0 aromatic heterocycles. The maximum atomic E-state index is 11.0. The molecule has 0 aliphatic carbocycles. The van der Waals surface area contributed by atoms with Crippen molar-refractivity contribution in [2.24, 2.45) is 5.73 Å². The average molecular weight is 470 g/mol. The fraction of sp³-hybridized carbons (Fsp3) is 0.688. The molecule has 10 nitrogen and oxygen atoms in total. The van der Waals surface area contributed by atoms with Gasteiger partial charge in [0.1, 0.15) is 17.6 Å². The molecule has 0 saturated carbocycles. The lowest BCUT2D eigenvalue weighted by Crippen LogP contribution is -2.52. The van der Waals surface area contributed by atoms with Gasteiger partial charge < -0.3 is 16.4 Å². The summed E-state index contributed by atoms with van der Waals surface area (Å²) in [5.41, 5.74) is 5.19. The van der Waals surface area contributed by atoms with Crippen molar-refractivity contribution in [3.8, 4) is 0 Å². The van der Waals surface area contributed by atoms with Crippen molar-refractivity contribution >= 4 is 63.4 Å². The number of Topliss-reactive ketones (excluding diaryl/α,β-unsaturated/α-hetero) is 3. The van der Waals surface area contributed by atoms with Crippen molar-refractivity contribution in [1.29, 1.82) is 0 Å². The van der Waals surface area contributed by atoms with Gasteiger partial charge in [0.2, 0.25) is 11.8 Å². The van der Waals surface area contributed by atoms with Crippen molar-refractivity contribution in [2.75, 3.05) is 28.8 Å². The van der Waals surface area contributed by atoms with Crippen LogP contribution in [-0.2, 0) is 33.8 Å². The molecule has 29 heavy (non-hydrogen) atoms. The first-order valence-electron chi connectivity index (χ1n) is 8.53. The van der Waals surface area contributed by atoms with E-state index in [0.29, 0.717) is 11.5 Å². The second kappa shape index (κ2) is 13.0. The number of thioether (sulfide) groups is 1. The highest BCUT2D eigenvalue weighted by molar-refractivity contribution is 8.00. The van der Waals surface area contributed by atoms with Gasteiger partial charge in [-0.2, -0.15) is 12.6 Å². The summed E-state index contributed by atoms with van der Waals surface area (Å²) in [7, 11) is -3.36. The molecule has 2 aliphatic heterocycles. The summed E-state index contributed by atoms with van der Waals surface area (Å²) in [4.78, 5) is 53.1. The van der Waals surface area contributed by atoms with Crippen LogP contribution in [0.15, 0.2) is 0 Å². The van der Waals surface area contributed by atoms with Gasteiger partial charge in [0, 0.05) is 11.5 Å². The van der Waals surface area contributed by atoms with Gasteiger partial charge in [-0.1, -0.05) is 0 Å². The molecular weight excluding hydrogens is 442 g/mol. The standard InChI is InChI=1S/C6H9NO4S.C6H9NO2S.C4H9NOS/c1-4(8)5-2-12(10,11)3-6(9)7-5;1-4(8)5-2-10-3-6(9)7-5;1-3(6)4(5)2-7/h5H,2-3H2,1H3,(H,7,9);5H,2-3H2,1H3,(H,7,9);4,7H,2,5H2,1H3. The highest BCUT2D eigenvalue weighted by Crippen LogP contribution is 2.08. The Labute approximate surface area is 179 Å². The van der Waals surface area contributed by atoms with Crippen LogP contribution in [0.4, 0.5) is 0 Å². The van der Waals surface area contributed by atoms with Crippen molar-refractivity contribution in [2.45, 2.75) is 38.9 Å². The van der Waals surface area contributed by atoms with Crippen molar-refractivity contribution in [3.63, 3.8) is 0 Å². The van der Waals surface area contributed by atoms with Gasteiger partial charge in [0.05, 0.1) is 23.6 Å². The van der Waals surface area contributed by atoms with E-state index in [9.17, 15) is 32.4 Å². The lowest BCUT2D eigenvalue weighted by atomic mass is 10.2. The largest absolute Gasteiger partial charge is 0.345 e. The van der Waals surface area contributed by atoms with Crippen molar-refractivity contribution in [1.82, 2.24) is 10.6 Å². The van der Waals surface area contributed by atoms with Crippen LogP contribution in [0, 0.1) is 0 Å². The van der Waals surface area contributed by atoms with Crippen LogP contribution in [0.1, 0.15) is 20.8 Å². The number of hydrogen-bond acceptors (Lipinski definition) is 10. The molecule has 0 spiro atoms. The molecule has 3 atom stereocenters. The smallest absolute Gasteiger partial charge is 0.235 e. The lowest BCUT2D eigenvalue weighted by molar-refractivity contribution is -0.125. The van der Waals surface area contributed by atoms with Gasteiger partial charge in [-0.25, -0.2) is 8.42 Å². The highest BCUT2D eigenvalue weighted by Gasteiger charge is 2.31. The van der Waals surface area contributed by atoms with E-state index in [-0.39, 0.29) is 41.1 Å². The molecule has 2 amide bonds. The minimum absolute atomic E-state index is 0.00463. The number of rotatable bonds is 4. The van der Waals surface area contributed by atoms with E-state index in [1.54, 1.807) is 0 Å². The van der Waals surface area contributed by atoms with E-state index in [1.807, 2.05) is 0 Å². The van der Waals surface area contributed by atoms with Crippen LogP contribution in [0.25, 0.3) is 0 Å². The number of carbonyl (C=O) groups excluding carboxylic acids is 5. The minimum atomic E-state index is -3.36. The SMILES string of the molecule is CC(=O)C(N)CS.CC(=O)C1CS(=O)(=O)CC(=O)N1.CC(=O)C1CSCC(=O)N1. The van der Waals surface area contributed by atoms with E-state index >= 15 is 0 Å². The predicted octanol–water partition coefficient (Wildman–Crippen LogP) is -1.87. The molecule has 2 heterocycles. The summed E-state index contributed by atoms with van der Waals surface area (Å²) < 4.78 is 21.9. The number of amides is 2. The van der Waals surface area contributed by atoms with Gasteiger partial charge in [-0.15, -0.1) is 11.8 Å². The number of thiol groups is 1. The summed E-state index contributed by atoms with van der Waals surface area (Å²) in [6.45, 7) is 4.21. The van der Waals surface area contributed by atoms with Crippen molar-refractivity contribution < 1.29 is 32.4 Å². The Morgan fingerprint density at radius 3 is 1.93 bits per heavy atom. The Hall–Kier alpha value is -1.44. The second-order valence-corrected chi connectivity index (χ2v) is 9.94. The summed E-state index contributed by atoms with van der Waals surface area (Å²) in [5.74, 6) is -0.0366. The van der Waals surface area contributed by atoms with Gasteiger partial charge in [-0.05, 0) is 20.8 Å². The third-order valence-corrected chi connectivity index (χ3v) is 6.63. The third kappa shape index (κ3) is 12.0. The number of carbonyl (C=O) groups is 5. The summed E-state index contributed by atoms with van der Waals surface area (Å²) in [6.07, 6.45) is 0. The maximum Gasteiger partial charge on any atom is 0.235 e. The molecule has 4 N–H and O–H groups in total. The fourth-order valence-electron chi connectivity index (χ4n) is 1.90. The molecule has 2 fully saturated rings. The van der Waals surface area contributed by atoms with Crippen LogP contribution in [0.2, 0.25) is 0 Å². The highest BCUT2D eigenvalue weighted by atomic mass is 32.2. The zero-order valence-corrected chi connectivity index (χ0v) is 19.0. The average Bonchev–Trinajstić information content (AvgIpc) is 2.60. The third-order valence-electron chi connectivity index (χ3n) is 3.66. The van der Waals surface area contributed by atoms with Gasteiger partial charge in [-0.3, -0.25) is 24.0 Å². The predicted molar refractivity (Wildman–Crippen MR) is 114 cm³/mol. The number of nitrogens with one attached hydrogen (secondary N) is 2. The molecule has 2 saturated heterocycles. The maximum absolute atomic E-state index is 11.0. The number of nitrogens with two attached hydrogens (primary N) is 1. The van der Waals surface area contributed by atoms with E-state index < -0.39 is 27.5 Å². The monoisotopic (exact) mass is 469 g/mol. The Kier molecular flexibility index (Phi) is 12.3. The van der Waals surface area contributed by atoms with Crippen molar-refractivity contribution in [3.05, 3.63) is 0 Å². The first-order valence-corrected chi connectivity index (χ1v) is 12.1. The Bertz CT molecular complexity index is 738. The molecule has 0 bridgehead atoms. The molecule has 0 aromatic rings. The Morgan fingerprint density at radius 2 is 1.62 bits per heavy atom. The number of ketones is 3. The van der Waals surface area contributed by atoms with Crippen LogP contribution >= 0.6 is 24.4 Å². The zero-order chi connectivity index (χ0) is 22.8. The molecular formula is C16H27N3O7S3. The summed E-state index contributed by atoms with van der Waals surface area (Å²) in [6, 6.07) is -1.47. The number of hydrogen-bond donors (Lipinski definition) is 4. The normalized spacial score (nSPS) is 23.6. The first kappa shape index (κ1) is 27.6. The van der Waals surface area contributed by atoms with E-state index in [0.717, 1.165) is 5.75 Å². The van der Waals surface area contributed by atoms with Crippen LogP contribution in [-0.4, -0.2) is 84.5 Å². The van der Waals surface area contributed by atoms with Gasteiger partial charge in [0.15, 0.2) is 21.4 Å². The van der Waals surface area contributed by atoms with Crippen LogP contribution < -0.4 is 16.4 Å². The quantitative estimate of drug-likeness (QED) is 0.344. The lowest BCUT2D eigenvalue weighted by Gasteiger charge is -2.20. The molecule has 0 radical (unpaired) electrons. The van der Waals surface area contributed by atoms with E-state index in [2.05, 4.69) is 23.3 Å². The topological polar surface area (TPSA) is 170 Å². The van der Waals surface area contributed by atoms with E-state index in [1.165, 1.54) is 32.5 Å². The van der Waals surface area contributed by atoms with Crippen LogP contribution in [0.5, 0.6) is 0 Å². The molecule has 166 valence electrons. The molecule has 2 rings (SSSR count). The molecule has 3 unspecified atom stereocenters. The Morgan fingerprint density at radius 1 is 1.10 bits per heavy atom. The van der Waals surface area contributed by atoms with Gasteiger partial charge in [0.25, 0.3) is 0 Å². The molecule has 2 aliphatic rings. The summed E-state index contributed by atoms with van der Waals surface area (Å²) in [5, 5.41) is 4.91. The zero-order valence-electron chi connectivity index (χ0n) is 16.5. The van der Waals surface area contributed by atoms with Gasteiger partial charge >= 0.3 is 0 Å². The van der Waals surface area contributed by atoms with Crippen LogP contribution in [0.3, 0.4) is 0 Å².